The van der Waals surface area contributed by atoms with Crippen molar-refractivity contribution in [1.29, 1.82) is 0 Å². The van der Waals surface area contributed by atoms with Gasteiger partial charge in [-0.1, -0.05) is 0 Å². The van der Waals surface area contributed by atoms with Crippen LogP contribution in [0.3, 0.4) is 0 Å². The summed E-state index contributed by atoms with van der Waals surface area (Å²) in [5.74, 6) is 0. The fraction of sp³-hybridized carbons (Fsp3) is 0.667. The van der Waals surface area contributed by atoms with Crippen LogP contribution in [0, 0.1) is 0 Å². The number of aromatic nitrogens is 2. The van der Waals surface area contributed by atoms with E-state index in [0.29, 0.717) is 23.5 Å². The number of anilines is 1. The fourth-order valence-electron chi connectivity index (χ4n) is 2.34. The molecule has 0 saturated carbocycles. The van der Waals surface area contributed by atoms with Gasteiger partial charge in [0, 0.05) is 32.8 Å². The maximum absolute atomic E-state index is 12.8. The Kier molecular flexibility index (Phi) is 4.52. The largest absolute Gasteiger partial charge is 0.412 e. The summed E-state index contributed by atoms with van der Waals surface area (Å²) < 4.78 is 43.9. The lowest BCUT2D eigenvalue weighted by Crippen LogP contribution is -2.40. The number of hydrogen-bond donors (Lipinski definition) is 1. The van der Waals surface area contributed by atoms with Gasteiger partial charge < -0.3 is 15.4 Å². The van der Waals surface area contributed by atoms with E-state index in [4.69, 9.17) is 10.5 Å². The van der Waals surface area contributed by atoms with Crippen molar-refractivity contribution in [2.24, 2.45) is 5.73 Å². The highest BCUT2D eigenvalue weighted by Gasteiger charge is 2.41. The molecule has 1 aliphatic rings. The van der Waals surface area contributed by atoms with Gasteiger partial charge >= 0.3 is 6.18 Å². The van der Waals surface area contributed by atoms with Crippen molar-refractivity contribution in [3.63, 3.8) is 0 Å². The van der Waals surface area contributed by atoms with Crippen LogP contribution in [0.4, 0.5) is 18.9 Å². The second-order valence-electron chi connectivity index (χ2n) is 4.88. The summed E-state index contributed by atoms with van der Waals surface area (Å²) in [6, 6.07) is -0.955. The molecule has 2 atom stereocenters. The highest BCUT2D eigenvalue weighted by Crippen LogP contribution is 2.28. The Morgan fingerprint density at radius 2 is 2.29 bits per heavy atom. The fourth-order valence-corrected chi connectivity index (χ4v) is 2.34. The lowest BCUT2D eigenvalue weighted by molar-refractivity contribution is -0.168. The minimum atomic E-state index is -4.61. The zero-order valence-electron chi connectivity index (χ0n) is 11.5. The summed E-state index contributed by atoms with van der Waals surface area (Å²) in [4.78, 5) is 13.7. The molecule has 2 unspecified atom stereocenters. The molecular formula is C12H17F3N4O2. The maximum Gasteiger partial charge on any atom is 0.412 e. The van der Waals surface area contributed by atoms with Crippen LogP contribution in [0.2, 0.25) is 0 Å². The van der Waals surface area contributed by atoms with Crippen LogP contribution < -0.4 is 16.2 Å². The van der Waals surface area contributed by atoms with E-state index in [1.807, 2.05) is 4.90 Å². The average Bonchev–Trinajstić information content (AvgIpc) is 2.88. The Labute approximate surface area is 119 Å². The van der Waals surface area contributed by atoms with Crippen LogP contribution in [0.25, 0.3) is 0 Å². The zero-order valence-corrected chi connectivity index (χ0v) is 11.5. The number of nitrogens with two attached hydrogens (primary N) is 1. The van der Waals surface area contributed by atoms with E-state index in [2.05, 4.69) is 5.10 Å². The molecule has 6 nitrogen and oxygen atoms in total. The van der Waals surface area contributed by atoms with Gasteiger partial charge in [0.15, 0.2) is 6.04 Å². The first-order valence-corrected chi connectivity index (χ1v) is 6.50. The van der Waals surface area contributed by atoms with Crippen LogP contribution in [0.1, 0.15) is 12.5 Å². The van der Waals surface area contributed by atoms with Crippen molar-refractivity contribution in [3.05, 3.63) is 22.6 Å². The van der Waals surface area contributed by atoms with Crippen molar-refractivity contribution in [1.82, 2.24) is 9.78 Å². The van der Waals surface area contributed by atoms with E-state index >= 15 is 0 Å². The van der Waals surface area contributed by atoms with Gasteiger partial charge in [-0.05, 0) is 6.42 Å². The van der Waals surface area contributed by atoms with Crippen molar-refractivity contribution in [3.8, 4) is 0 Å². The van der Waals surface area contributed by atoms with Crippen LogP contribution >= 0.6 is 0 Å². The first-order chi connectivity index (χ1) is 9.86. The van der Waals surface area contributed by atoms with Gasteiger partial charge in [0.05, 0.1) is 18.0 Å². The standard InChI is InChI=1S/C12H17F3N4O2/c1-21-9-2-3-18(7-9)8-4-11(20)19(17-6-8)10(5-16)12(13,14)15/h4,6,9-10H,2-3,5,7,16H2,1H3. The molecule has 2 N–H and O–H groups in total. The van der Waals surface area contributed by atoms with E-state index in [1.54, 1.807) is 7.11 Å². The monoisotopic (exact) mass is 306 g/mol. The molecule has 21 heavy (non-hydrogen) atoms. The molecule has 1 aromatic rings. The second-order valence-corrected chi connectivity index (χ2v) is 4.88. The molecule has 1 saturated heterocycles. The Morgan fingerprint density at radius 1 is 1.57 bits per heavy atom. The second kappa shape index (κ2) is 6.02. The molecule has 1 fully saturated rings. The highest BCUT2D eigenvalue weighted by atomic mass is 19.4. The first kappa shape index (κ1) is 15.8. The summed E-state index contributed by atoms with van der Waals surface area (Å²) >= 11 is 0. The normalized spacial score (nSPS) is 20.8. The Balaban J connectivity index is 2.24. The van der Waals surface area contributed by atoms with Gasteiger partial charge in [-0.15, -0.1) is 0 Å². The molecular weight excluding hydrogens is 289 g/mol. The topological polar surface area (TPSA) is 73.4 Å². The molecule has 0 bridgehead atoms. The van der Waals surface area contributed by atoms with Crippen molar-refractivity contribution < 1.29 is 17.9 Å². The van der Waals surface area contributed by atoms with Crippen LogP contribution in [0.5, 0.6) is 0 Å². The van der Waals surface area contributed by atoms with Crippen molar-refractivity contribution >= 4 is 5.69 Å². The molecule has 2 rings (SSSR count). The van der Waals surface area contributed by atoms with Gasteiger partial charge in [0.2, 0.25) is 0 Å². The summed E-state index contributed by atoms with van der Waals surface area (Å²) in [7, 11) is 1.60. The number of nitrogens with zero attached hydrogens (tertiary/aromatic N) is 3. The van der Waals surface area contributed by atoms with Crippen LogP contribution in [-0.4, -0.2) is 48.8 Å². The summed E-state index contributed by atoms with van der Waals surface area (Å²) in [6.07, 6.45) is -2.50. The number of rotatable bonds is 4. The number of hydrogen-bond acceptors (Lipinski definition) is 5. The first-order valence-electron chi connectivity index (χ1n) is 6.50. The van der Waals surface area contributed by atoms with Gasteiger partial charge in [-0.3, -0.25) is 4.79 Å². The number of methoxy groups -OCH3 is 1. The van der Waals surface area contributed by atoms with Gasteiger partial charge in [0.1, 0.15) is 0 Å². The van der Waals surface area contributed by atoms with E-state index < -0.39 is 24.3 Å². The average molecular weight is 306 g/mol. The predicted octanol–water partition coefficient (Wildman–Crippen LogP) is 0.530. The molecule has 0 aromatic carbocycles. The molecule has 118 valence electrons. The minimum absolute atomic E-state index is 0.0550. The van der Waals surface area contributed by atoms with Crippen molar-refractivity contribution in [2.45, 2.75) is 24.7 Å². The van der Waals surface area contributed by atoms with Crippen LogP contribution in [0.15, 0.2) is 17.1 Å². The SMILES string of the molecule is COC1CCN(c2cnn(C(CN)C(F)(F)F)c(=O)c2)C1. The lowest BCUT2D eigenvalue weighted by atomic mass is 10.3. The van der Waals surface area contributed by atoms with Gasteiger partial charge in [0.25, 0.3) is 5.56 Å². The maximum atomic E-state index is 12.8. The molecule has 1 aromatic heterocycles. The van der Waals surface area contributed by atoms with E-state index in [-0.39, 0.29) is 6.10 Å². The van der Waals surface area contributed by atoms with E-state index in [9.17, 15) is 18.0 Å². The third-order valence-electron chi connectivity index (χ3n) is 3.55. The molecule has 0 radical (unpaired) electrons. The Hall–Kier alpha value is -1.61. The van der Waals surface area contributed by atoms with E-state index in [0.717, 1.165) is 12.5 Å². The summed E-state index contributed by atoms with van der Waals surface area (Å²) in [6.45, 7) is 0.523. The number of halogens is 3. The Bertz CT molecular complexity index is 546. The lowest BCUT2D eigenvalue weighted by Gasteiger charge is -2.22. The molecule has 1 aliphatic heterocycles. The predicted molar refractivity (Wildman–Crippen MR) is 70.3 cm³/mol. The van der Waals surface area contributed by atoms with Crippen LogP contribution in [-0.2, 0) is 4.74 Å². The minimum Gasteiger partial charge on any atom is -0.380 e. The molecule has 0 aliphatic carbocycles. The molecule has 0 amide bonds. The summed E-state index contributed by atoms with van der Waals surface area (Å²) in [5.41, 5.74) is 4.79. The number of ether oxygens (including phenoxy) is 1. The smallest absolute Gasteiger partial charge is 0.380 e. The highest BCUT2D eigenvalue weighted by molar-refractivity contribution is 5.44. The quantitative estimate of drug-likeness (QED) is 0.878. The Morgan fingerprint density at radius 3 is 2.76 bits per heavy atom. The molecule has 9 heteroatoms. The third kappa shape index (κ3) is 3.35. The van der Waals surface area contributed by atoms with E-state index in [1.165, 1.54) is 6.20 Å². The number of alkyl halides is 3. The van der Waals surface area contributed by atoms with Gasteiger partial charge in [-0.2, -0.15) is 18.3 Å². The molecule has 2 heterocycles. The zero-order chi connectivity index (χ0) is 15.6. The third-order valence-corrected chi connectivity index (χ3v) is 3.55. The van der Waals surface area contributed by atoms with Gasteiger partial charge in [-0.25, -0.2) is 4.68 Å². The van der Waals surface area contributed by atoms with Crippen molar-refractivity contribution in [2.75, 3.05) is 31.6 Å². The summed E-state index contributed by atoms with van der Waals surface area (Å²) in [5, 5.41) is 3.63. The molecule has 0 spiro atoms.